The highest BCUT2D eigenvalue weighted by atomic mass is 35.5. The molecule has 1 aromatic heterocycles. The van der Waals surface area contributed by atoms with Crippen molar-refractivity contribution in [1.29, 1.82) is 0 Å². The molecule has 0 bridgehead atoms. The molecule has 2 aromatic carbocycles. The lowest BCUT2D eigenvalue weighted by Gasteiger charge is -2.09. The Hall–Kier alpha value is -3.00. The molecule has 0 saturated carbocycles. The highest BCUT2D eigenvalue weighted by Crippen LogP contribution is 2.30. The molecule has 0 spiro atoms. The molecule has 27 heavy (non-hydrogen) atoms. The van der Waals surface area contributed by atoms with E-state index < -0.39 is 24.6 Å². The standard InChI is InChI=1S/C18H13ClF3N3O2/c19-12-5-4-8-14(9-12)25-15(10-16(24-25)18(20,21)22)11-27-17(26)23-13-6-2-1-3-7-13/h1-10H,11H2,(H,23,26). The normalized spacial score (nSPS) is 11.3. The van der Waals surface area contributed by atoms with Gasteiger partial charge in [0, 0.05) is 10.7 Å². The number of aromatic nitrogens is 2. The third kappa shape index (κ3) is 4.79. The summed E-state index contributed by atoms with van der Waals surface area (Å²) in [4.78, 5) is 11.9. The number of carbonyl (C=O) groups is 1. The van der Waals surface area contributed by atoms with E-state index in [0.29, 0.717) is 16.4 Å². The fourth-order valence-electron chi connectivity index (χ4n) is 2.31. The average Bonchev–Trinajstić information content (AvgIpc) is 3.05. The van der Waals surface area contributed by atoms with Gasteiger partial charge in [0.2, 0.25) is 0 Å². The Kier molecular flexibility index (Phi) is 5.36. The quantitative estimate of drug-likeness (QED) is 0.652. The Labute approximate surface area is 157 Å². The van der Waals surface area contributed by atoms with Gasteiger partial charge < -0.3 is 4.74 Å². The Morgan fingerprint density at radius 3 is 2.52 bits per heavy atom. The Bertz CT molecular complexity index is 943. The van der Waals surface area contributed by atoms with Crippen LogP contribution in [-0.2, 0) is 17.5 Å². The van der Waals surface area contributed by atoms with E-state index in [-0.39, 0.29) is 5.69 Å². The zero-order valence-corrected chi connectivity index (χ0v) is 14.5. The lowest BCUT2D eigenvalue weighted by molar-refractivity contribution is -0.141. The molecule has 0 atom stereocenters. The van der Waals surface area contributed by atoms with E-state index in [1.165, 1.54) is 6.07 Å². The van der Waals surface area contributed by atoms with Crippen LogP contribution in [0.5, 0.6) is 0 Å². The van der Waals surface area contributed by atoms with Crippen molar-refractivity contribution in [2.75, 3.05) is 5.32 Å². The lowest BCUT2D eigenvalue weighted by atomic mass is 10.3. The third-order valence-electron chi connectivity index (χ3n) is 3.50. The number of halogens is 4. The molecule has 0 aliphatic carbocycles. The highest BCUT2D eigenvalue weighted by Gasteiger charge is 2.35. The molecule has 0 radical (unpaired) electrons. The number of nitrogens with one attached hydrogen (secondary N) is 1. The number of benzene rings is 2. The van der Waals surface area contributed by atoms with Crippen LogP contribution >= 0.6 is 11.6 Å². The molecule has 0 aliphatic heterocycles. The fraction of sp³-hybridized carbons (Fsp3) is 0.111. The van der Waals surface area contributed by atoms with Gasteiger partial charge in [-0.05, 0) is 36.4 Å². The minimum Gasteiger partial charge on any atom is -0.443 e. The van der Waals surface area contributed by atoms with Crippen LogP contribution < -0.4 is 5.32 Å². The SMILES string of the molecule is O=C(Nc1ccccc1)OCc1cc(C(F)(F)F)nn1-c1cccc(Cl)c1. The first-order chi connectivity index (χ1) is 12.8. The van der Waals surface area contributed by atoms with Gasteiger partial charge in [0.15, 0.2) is 5.69 Å². The van der Waals surface area contributed by atoms with Gasteiger partial charge in [-0.15, -0.1) is 0 Å². The number of alkyl halides is 3. The number of carbonyl (C=O) groups excluding carboxylic acids is 1. The van der Waals surface area contributed by atoms with E-state index in [4.69, 9.17) is 16.3 Å². The second-order valence-corrected chi connectivity index (χ2v) is 5.91. The topological polar surface area (TPSA) is 56.1 Å². The van der Waals surface area contributed by atoms with Gasteiger partial charge in [-0.2, -0.15) is 18.3 Å². The van der Waals surface area contributed by atoms with Crippen LogP contribution in [0.2, 0.25) is 5.02 Å². The lowest BCUT2D eigenvalue weighted by Crippen LogP contribution is -2.15. The highest BCUT2D eigenvalue weighted by molar-refractivity contribution is 6.30. The molecular formula is C18H13ClF3N3O2. The van der Waals surface area contributed by atoms with E-state index in [1.54, 1.807) is 48.5 Å². The summed E-state index contributed by atoms with van der Waals surface area (Å²) in [6, 6.07) is 15.5. The van der Waals surface area contributed by atoms with Gasteiger partial charge >= 0.3 is 12.3 Å². The molecule has 0 saturated heterocycles. The second-order valence-electron chi connectivity index (χ2n) is 5.48. The average molecular weight is 396 g/mol. The van der Waals surface area contributed by atoms with Crippen molar-refractivity contribution in [2.45, 2.75) is 12.8 Å². The van der Waals surface area contributed by atoms with Crippen LogP contribution in [0, 0.1) is 0 Å². The van der Waals surface area contributed by atoms with Crippen molar-refractivity contribution in [3.05, 3.63) is 77.1 Å². The van der Waals surface area contributed by atoms with E-state index in [9.17, 15) is 18.0 Å². The van der Waals surface area contributed by atoms with Crippen LogP contribution in [0.25, 0.3) is 5.69 Å². The summed E-state index contributed by atoms with van der Waals surface area (Å²) in [5, 5.41) is 6.40. The molecule has 1 heterocycles. The molecule has 0 aliphatic rings. The van der Waals surface area contributed by atoms with E-state index in [2.05, 4.69) is 10.4 Å². The number of amides is 1. The van der Waals surface area contributed by atoms with Gasteiger partial charge in [-0.1, -0.05) is 35.9 Å². The monoisotopic (exact) mass is 395 g/mol. The second kappa shape index (κ2) is 7.71. The fourth-order valence-corrected chi connectivity index (χ4v) is 2.49. The molecule has 3 rings (SSSR count). The first-order valence-electron chi connectivity index (χ1n) is 7.74. The summed E-state index contributed by atoms with van der Waals surface area (Å²) in [5.41, 5.74) is -0.223. The van der Waals surface area contributed by atoms with Crippen molar-refractivity contribution in [3.8, 4) is 5.69 Å². The number of rotatable bonds is 4. The molecule has 0 unspecified atom stereocenters. The van der Waals surface area contributed by atoms with Crippen LogP contribution in [0.1, 0.15) is 11.4 Å². The predicted octanol–water partition coefficient (Wildman–Crippen LogP) is 5.29. The summed E-state index contributed by atoms with van der Waals surface area (Å²) in [7, 11) is 0. The van der Waals surface area contributed by atoms with Crippen LogP contribution in [0.15, 0.2) is 60.7 Å². The molecule has 140 valence electrons. The molecule has 3 aromatic rings. The zero-order valence-electron chi connectivity index (χ0n) is 13.7. The number of hydrogen-bond acceptors (Lipinski definition) is 3. The van der Waals surface area contributed by atoms with Gasteiger partial charge in [-0.3, -0.25) is 5.32 Å². The van der Waals surface area contributed by atoms with Crippen molar-refractivity contribution >= 4 is 23.4 Å². The summed E-state index contributed by atoms with van der Waals surface area (Å²) >= 11 is 5.90. The number of hydrogen-bond donors (Lipinski definition) is 1. The summed E-state index contributed by atoms with van der Waals surface area (Å²) < 4.78 is 45.2. The Morgan fingerprint density at radius 2 is 1.85 bits per heavy atom. The number of anilines is 1. The number of ether oxygens (including phenoxy) is 1. The minimum atomic E-state index is -4.63. The van der Waals surface area contributed by atoms with Gasteiger partial charge in [0.1, 0.15) is 6.61 Å². The Morgan fingerprint density at radius 1 is 1.11 bits per heavy atom. The number of para-hydroxylation sites is 1. The first kappa shape index (κ1) is 18.8. The Balaban J connectivity index is 1.81. The molecule has 5 nitrogen and oxygen atoms in total. The van der Waals surface area contributed by atoms with E-state index >= 15 is 0 Å². The van der Waals surface area contributed by atoms with E-state index in [0.717, 1.165) is 10.7 Å². The maximum Gasteiger partial charge on any atom is 0.435 e. The van der Waals surface area contributed by atoms with Crippen LogP contribution in [0.3, 0.4) is 0 Å². The predicted molar refractivity (Wildman–Crippen MR) is 93.8 cm³/mol. The van der Waals surface area contributed by atoms with Crippen molar-refractivity contribution in [1.82, 2.24) is 9.78 Å². The summed E-state index contributed by atoms with van der Waals surface area (Å²) in [6.07, 6.45) is -5.43. The van der Waals surface area contributed by atoms with Gasteiger partial charge in [0.25, 0.3) is 0 Å². The third-order valence-corrected chi connectivity index (χ3v) is 3.73. The molecular weight excluding hydrogens is 383 g/mol. The van der Waals surface area contributed by atoms with E-state index in [1.807, 2.05) is 0 Å². The maximum atomic E-state index is 13.0. The van der Waals surface area contributed by atoms with Gasteiger partial charge in [0.05, 0.1) is 11.4 Å². The summed E-state index contributed by atoms with van der Waals surface area (Å²) in [6.45, 7) is -0.408. The minimum absolute atomic E-state index is 0.0489. The summed E-state index contributed by atoms with van der Waals surface area (Å²) in [5.74, 6) is 0. The maximum absolute atomic E-state index is 13.0. The van der Waals surface area contributed by atoms with Gasteiger partial charge in [-0.25, -0.2) is 9.48 Å². The smallest absolute Gasteiger partial charge is 0.435 e. The van der Waals surface area contributed by atoms with Crippen molar-refractivity contribution in [2.24, 2.45) is 0 Å². The molecule has 1 N–H and O–H groups in total. The van der Waals surface area contributed by atoms with Crippen LogP contribution in [0.4, 0.5) is 23.7 Å². The largest absolute Gasteiger partial charge is 0.443 e. The van der Waals surface area contributed by atoms with Crippen molar-refractivity contribution in [3.63, 3.8) is 0 Å². The molecule has 1 amide bonds. The zero-order chi connectivity index (χ0) is 19.4. The van der Waals surface area contributed by atoms with Crippen molar-refractivity contribution < 1.29 is 22.7 Å². The first-order valence-corrected chi connectivity index (χ1v) is 8.11. The van der Waals surface area contributed by atoms with Crippen LogP contribution in [-0.4, -0.2) is 15.9 Å². The molecule has 9 heteroatoms. The number of nitrogens with zero attached hydrogens (tertiary/aromatic N) is 2. The molecule has 0 fully saturated rings.